The molecule has 0 spiro atoms. The van der Waals surface area contributed by atoms with E-state index in [1.165, 1.54) is 11.8 Å². The largest absolute Gasteiger partial charge is 0.490 e. The van der Waals surface area contributed by atoms with Gasteiger partial charge < -0.3 is 20.2 Å². The van der Waals surface area contributed by atoms with Gasteiger partial charge >= 0.3 is 12.1 Å². The molecule has 0 aliphatic carbocycles. The van der Waals surface area contributed by atoms with Crippen LogP contribution in [0, 0.1) is 0 Å². The summed E-state index contributed by atoms with van der Waals surface area (Å²) in [6.45, 7) is 1.37. The van der Waals surface area contributed by atoms with Gasteiger partial charge in [0.1, 0.15) is 0 Å². The molecule has 0 bridgehead atoms. The lowest BCUT2D eigenvalue weighted by atomic mass is 10.1. The van der Waals surface area contributed by atoms with Crippen molar-refractivity contribution in [2.45, 2.75) is 6.18 Å². The smallest absolute Gasteiger partial charge is 0.475 e. The standard InChI is InChI=1S/C25H24ClN5O2S.C2HF3O2/c1-30(2)11-12-31(3)24(33)18-7-8-19(26)21(15-18)28-25-29-23(32)22(34-25)14-16-6-9-20-17(13-16)5-4-10-27-20;3-2(4,5)1(6)7/h4-10,13-15H,11-12H2,1-3H3,(H,28,29,32);(H,6,7). The number of fused-ring (bicyclic) bond motifs is 1. The number of rotatable bonds is 6. The Hall–Kier alpha value is -3.94. The van der Waals surface area contributed by atoms with Gasteiger partial charge in [0.05, 0.1) is 21.1 Å². The summed E-state index contributed by atoms with van der Waals surface area (Å²) in [5.74, 6) is -3.19. The Kier molecular flexibility index (Phi) is 10.5. The van der Waals surface area contributed by atoms with Crippen LogP contribution in [0.25, 0.3) is 17.0 Å². The Labute approximate surface area is 242 Å². The van der Waals surface area contributed by atoms with Gasteiger partial charge in [-0.3, -0.25) is 14.6 Å². The van der Waals surface area contributed by atoms with Crippen LogP contribution in [0.3, 0.4) is 0 Å². The summed E-state index contributed by atoms with van der Waals surface area (Å²) in [6, 6.07) is 14.7. The fraction of sp³-hybridized carbons (Fsp3) is 0.222. The highest BCUT2D eigenvalue weighted by Gasteiger charge is 2.38. The first-order chi connectivity index (χ1) is 19.2. The van der Waals surface area contributed by atoms with Gasteiger partial charge in [-0.05, 0) is 73.9 Å². The van der Waals surface area contributed by atoms with Crippen molar-refractivity contribution in [2.75, 3.05) is 39.5 Å². The van der Waals surface area contributed by atoms with Crippen LogP contribution in [0.1, 0.15) is 15.9 Å². The van der Waals surface area contributed by atoms with Gasteiger partial charge in [-0.25, -0.2) is 4.79 Å². The predicted octanol–water partition coefficient (Wildman–Crippen LogP) is 5.24. The molecule has 3 aromatic rings. The Balaban J connectivity index is 0.000000587. The maximum atomic E-state index is 12.8. The number of pyridine rings is 1. The van der Waals surface area contributed by atoms with Crippen LogP contribution in [0.4, 0.5) is 18.9 Å². The number of aliphatic imine (C=N–C) groups is 1. The quantitative estimate of drug-likeness (QED) is 0.366. The van der Waals surface area contributed by atoms with Gasteiger partial charge in [-0.1, -0.05) is 23.7 Å². The molecule has 4 rings (SSSR count). The summed E-state index contributed by atoms with van der Waals surface area (Å²) in [7, 11) is 5.69. The monoisotopic (exact) mass is 607 g/mol. The minimum absolute atomic E-state index is 0.106. The number of carbonyl (C=O) groups is 3. The minimum atomic E-state index is -5.08. The number of amidine groups is 1. The van der Waals surface area contributed by atoms with Crippen LogP contribution in [0.15, 0.2) is 64.6 Å². The lowest BCUT2D eigenvalue weighted by Crippen LogP contribution is -2.33. The number of anilines is 1. The van der Waals surface area contributed by atoms with Gasteiger partial charge in [0.25, 0.3) is 11.8 Å². The number of thioether (sulfide) groups is 1. The van der Waals surface area contributed by atoms with Gasteiger partial charge in [-0.15, -0.1) is 0 Å². The highest BCUT2D eigenvalue weighted by atomic mass is 35.5. The lowest BCUT2D eigenvalue weighted by Gasteiger charge is -2.20. The SMILES string of the molecule is CN(C)CCN(C)C(=O)c1ccc(Cl)c(NC2=NC(=O)C(=Cc3ccc4ncccc4c3)S2)c1.O=C(O)C(F)(F)F. The van der Waals surface area contributed by atoms with E-state index in [-0.39, 0.29) is 11.8 Å². The Morgan fingerprint density at radius 2 is 1.80 bits per heavy atom. The highest BCUT2D eigenvalue weighted by molar-refractivity contribution is 8.18. The second-order valence-corrected chi connectivity index (χ2v) is 10.4. The zero-order valence-corrected chi connectivity index (χ0v) is 23.6. The second kappa shape index (κ2) is 13.6. The van der Waals surface area contributed by atoms with E-state index >= 15 is 0 Å². The Morgan fingerprint density at radius 3 is 2.46 bits per heavy atom. The van der Waals surface area contributed by atoms with E-state index in [0.29, 0.717) is 32.9 Å². The average Bonchev–Trinajstić information content (AvgIpc) is 3.25. The zero-order valence-electron chi connectivity index (χ0n) is 22.1. The predicted molar refractivity (Wildman–Crippen MR) is 154 cm³/mol. The molecule has 2 aromatic carbocycles. The number of aromatic nitrogens is 1. The number of nitrogens with zero attached hydrogens (tertiary/aromatic N) is 4. The van der Waals surface area contributed by atoms with E-state index < -0.39 is 12.1 Å². The molecule has 41 heavy (non-hydrogen) atoms. The average molecular weight is 608 g/mol. The lowest BCUT2D eigenvalue weighted by molar-refractivity contribution is -0.192. The van der Waals surface area contributed by atoms with E-state index in [1.54, 1.807) is 42.4 Å². The first-order valence-corrected chi connectivity index (χ1v) is 13.1. The van der Waals surface area contributed by atoms with Crippen LogP contribution in [0.2, 0.25) is 5.02 Å². The number of alkyl halides is 3. The van der Waals surface area contributed by atoms with E-state index in [0.717, 1.165) is 23.0 Å². The van der Waals surface area contributed by atoms with Gasteiger partial charge in [0.15, 0.2) is 5.17 Å². The minimum Gasteiger partial charge on any atom is -0.475 e. The summed E-state index contributed by atoms with van der Waals surface area (Å²) >= 11 is 7.59. The number of carboxylic acids is 1. The Morgan fingerprint density at radius 1 is 1.10 bits per heavy atom. The number of likely N-dealkylation sites (N-methyl/N-ethyl adjacent to an activating group) is 2. The maximum absolute atomic E-state index is 12.8. The molecule has 2 heterocycles. The van der Waals surface area contributed by atoms with E-state index in [9.17, 15) is 22.8 Å². The molecule has 1 aliphatic rings. The van der Waals surface area contributed by atoms with Crippen LogP contribution in [-0.2, 0) is 9.59 Å². The van der Waals surface area contributed by atoms with Crippen molar-refractivity contribution in [2.24, 2.45) is 4.99 Å². The third kappa shape index (κ3) is 9.03. The molecule has 2 amide bonds. The van der Waals surface area contributed by atoms with Crippen LogP contribution in [-0.4, -0.2) is 83.3 Å². The number of benzene rings is 2. The summed E-state index contributed by atoms with van der Waals surface area (Å²) in [5, 5.41) is 12.1. The molecule has 0 saturated heterocycles. The number of hydrogen-bond acceptors (Lipinski definition) is 7. The molecule has 0 fully saturated rings. The first-order valence-electron chi connectivity index (χ1n) is 11.9. The van der Waals surface area contributed by atoms with Gasteiger partial charge in [0.2, 0.25) is 0 Å². The van der Waals surface area contributed by atoms with Crippen LogP contribution < -0.4 is 5.32 Å². The number of carbonyl (C=O) groups excluding carboxylic acids is 2. The third-order valence-corrected chi connectivity index (χ3v) is 6.70. The van der Waals surface area contributed by atoms with Crippen molar-refractivity contribution >= 4 is 69.0 Å². The molecule has 14 heteroatoms. The molecular weight excluding hydrogens is 583 g/mol. The van der Waals surface area contributed by atoms with Gasteiger partial charge in [-0.2, -0.15) is 18.2 Å². The normalized spacial score (nSPS) is 14.1. The van der Waals surface area contributed by atoms with Crippen LogP contribution in [0.5, 0.6) is 0 Å². The van der Waals surface area contributed by atoms with E-state index in [4.69, 9.17) is 21.5 Å². The van der Waals surface area contributed by atoms with Gasteiger partial charge in [0, 0.05) is 37.3 Å². The number of hydrogen-bond donors (Lipinski definition) is 2. The molecule has 0 saturated carbocycles. The number of aliphatic carboxylic acids is 1. The van der Waals surface area contributed by atoms with Crippen molar-refractivity contribution in [1.82, 2.24) is 14.8 Å². The fourth-order valence-electron chi connectivity index (χ4n) is 3.34. The van der Waals surface area contributed by atoms with Crippen molar-refractivity contribution in [3.8, 4) is 0 Å². The summed E-state index contributed by atoms with van der Waals surface area (Å²) in [6.07, 6.45) is -1.53. The number of nitrogens with one attached hydrogen (secondary N) is 1. The van der Waals surface area contributed by atoms with E-state index in [2.05, 4.69) is 15.3 Å². The molecule has 1 aromatic heterocycles. The van der Waals surface area contributed by atoms with Crippen molar-refractivity contribution < 1.29 is 32.7 Å². The third-order valence-electron chi connectivity index (χ3n) is 5.47. The molecular formula is C27H25ClF3N5O4S. The maximum Gasteiger partial charge on any atom is 0.490 e. The van der Waals surface area contributed by atoms with Crippen molar-refractivity contribution in [1.29, 1.82) is 0 Å². The first kappa shape index (κ1) is 31.6. The molecule has 0 radical (unpaired) electrons. The number of amides is 2. The topological polar surface area (TPSA) is 115 Å². The molecule has 2 N–H and O–H groups in total. The van der Waals surface area contributed by atoms with E-state index in [1.807, 2.05) is 49.3 Å². The molecule has 0 unspecified atom stereocenters. The molecule has 1 aliphatic heterocycles. The summed E-state index contributed by atoms with van der Waals surface area (Å²) in [4.78, 5) is 46.8. The van der Waals surface area contributed by atoms with Crippen molar-refractivity contribution in [3.05, 3.63) is 75.8 Å². The second-order valence-electron chi connectivity index (χ2n) is 8.94. The summed E-state index contributed by atoms with van der Waals surface area (Å²) < 4.78 is 31.7. The summed E-state index contributed by atoms with van der Waals surface area (Å²) in [5.41, 5.74) is 2.80. The zero-order chi connectivity index (χ0) is 30.3. The number of halogens is 4. The highest BCUT2D eigenvalue weighted by Crippen LogP contribution is 2.32. The Bertz CT molecular complexity index is 1530. The van der Waals surface area contributed by atoms with Crippen molar-refractivity contribution in [3.63, 3.8) is 0 Å². The molecule has 9 nitrogen and oxygen atoms in total. The molecule has 0 atom stereocenters. The fourth-order valence-corrected chi connectivity index (χ4v) is 4.33. The molecule has 216 valence electrons. The van der Waals surface area contributed by atoms with Crippen LogP contribution >= 0.6 is 23.4 Å². The number of carboxylic acid groups (broad SMARTS) is 1.